The molecular formula is C13H18N2O3S2. The standard InChI is InChI=1S/C13H18N2O3S2/c1-13(16,10-19-2)9-15-20(17,18)8-12-5-3-4-11(6-12)7-14/h3-6,15-16H,8-10H2,1-2H3. The third-order valence-corrected chi connectivity index (χ3v) is 4.75. The van der Waals surface area contributed by atoms with Gasteiger partial charge in [-0.3, -0.25) is 0 Å². The highest BCUT2D eigenvalue weighted by Crippen LogP contribution is 2.11. The lowest BCUT2D eigenvalue weighted by molar-refractivity contribution is 0.0908. The van der Waals surface area contributed by atoms with Crippen LogP contribution in [-0.4, -0.2) is 37.7 Å². The Morgan fingerprint density at radius 2 is 2.20 bits per heavy atom. The molecule has 1 atom stereocenters. The summed E-state index contributed by atoms with van der Waals surface area (Å²) in [6.45, 7) is 1.55. The number of hydrogen-bond donors (Lipinski definition) is 2. The quantitative estimate of drug-likeness (QED) is 0.786. The molecule has 20 heavy (non-hydrogen) atoms. The zero-order valence-electron chi connectivity index (χ0n) is 11.5. The number of thioether (sulfide) groups is 1. The van der Waals surface area contributed by atoms with E-state index in [0.29, 0.717) is 16.9 Å². The molecule has 1 aromatic carbocycles. The lowest BCUT2D eigenvalue weighted by Crippen LogP contribution is -2.42. The van der Waals surface area contributed by atoms with Crippen LogP contribution in [0.3, 0.4) is 0 Å². The van der Waals surface area contributed by atoms with Gasteiger partial charge in [-0.2, -0.15) is 17.0 Å². The highest BCUT2D eigenvalue weighted by Gasteiger charge is 2.22. The maximum absolute atomic E-state index is 11.9. The fourth-order valence-corrected chi connectivity index (χ4v) is 3.60. The molecule has 0 bridgehead atoms. The Morgan fingerprint density at radius 3 is 2.80 bits per heavy atom. The largest absolute Gasteiger partial charge is 0.388 e. The van der Waals surface area contributed by atoms with Crippen LogP contribution in [-0.2, 0) is 15.8 Å². The predicted octanol–water partition coefficient (Wildman–Crippen LogP) is 1.09. The van der Waals surface area contributed by atoms with E-state index in [-0.39, 0.29) is 12.3 Å². The normalized spacial score (nSPS) is 14.5. The van der Waals surface area contributed by atoms with E-state index in [0.717, 1.165) is 0 Å². The second-order valence-corrected chi connectivity index (χ2v) is 7.50. The third-order valence-electron chi connectivity index (χ3n) is 2.54. The summed E-state index contributed by atoms with van der Waals surface area (Å²) in [6.07, 6.45) is 1.84. The van der Waals surface area contributed by atoms with E-state index in [1.165, 1.54) is 11.8 Å². The Labute approximate surface area is 124 Å². The van der Waals surface area contributed by atoms with Gasteiger partial charge in [-0.1, -0.05) is 12.1 Å². The van der Waals surface area contributed by atoms with Gasteiger partial charge in [-0.05, 0) is 30.9 Å². The molecule has 0 saturated carbocycles. The molecule has 0 saturated heterocycles. The number of nitrogens with one attached hydrogen (secondary N) is 1. The first-order valence-corrected chi connectivity index (χ1v) is 9.00. The van der Waals surface area contributed by atoms with Gasteiger partial charge < -0.3 is 5.11 Å². The fraction of sp³-hybridized carbons (Fsp3) is 0.462. The molecule has 0 aliphatic carbocycles. The van der Waals surface area contributed by atoms with Crippen molar-refractivity contribution in [3.8, 4) is 6.07 Å². The van der Waals surface area contributed by atoms with Gasteiger partial charge in [0.05, 0.1) is 23.0 Å². The van der Waals surface area contributed by atoms with Gasteiger partial charge in [-0.15, -0.1) is 0 Å². The smallest absolute Gasteiger partial charge is 0.215 e. The maximum atomic E-state index is 11.9. The van der Waals surface area contributed by atoms with E-state index in [9.17, 15) is 13.5 Å². The summed E-state index contributed by atoms with van der Waals surface area (Å²) in [4.78, 5) is 0. The van der Waals surface area contributed by atoms with Crippen molar-refractivity contribution in [3.63, 3.8) is 0 Å². The second-order valence-electron chi connectivity index (χ2n) is 4.82. The number of sulfonamides is 1. The van der Waals surface area contributed by atoms with Crippen molar-refractivity contribution in [1.82, 2.24) is 4.72 Å². The Balaban J connectivity index is 2.68. The maximum Gasteiger partial charge on any atom is 0.215 e. The van der Waals surface area contributed by atoms with E-state index in [4.69, 9.17) is 5.26 Å². The van der Waals surface area contributed by atoms with E-state index < -0.39 is 15.6 Å². The van der Waals surface area contributed by atoms with Crippen LogP contribution in [0.25, 0.3) is 0 Å². The number of hydrogen-bond acceptors (Lipinski definition) is 5. The van der Waals surface area contributed by atoms with Crippen LogP contribution in [0.2, 0.25) is 0 Å². The first-order chi connectivity index (χ1) is 9.28. The molecule has 0 aromatic heterocycles. The minimum atomic E-state index is -3.54. The van der Waals surface area contributed by atoms with Crippen molar-refractivity contribution in [1.29, 1.82) is 5.26 Å². The summed E-state index contributed by atoms with van der Waals surface area (Å²) in [7, 11) is -3.54. The highest BCUT2D eigenvalue weighted by atomic mass is 32.2. The summed E-state index contributed by atoms with van der Waals surface area (Å²) in [5.74, 6) is 0.233. The summed E-state index contributed by atoms with van der Waals surface area (Å²) in [5, 5.41) is 18.7. The summed E-state index contributed by atoms with van der Waals surface area (Å²) in [5.41, 5.74) is -0.116. The number of rotatable bonds is 7. The average Bonchev–Trinajstić information content (AvgIpc) is 2.36. The first-order valence-electron chi connectivity index (χ1n) is 5.96. The molecule has 0 aliphatic heterocycles. The number of aliphatic hydroxyl groups is 1. The Morgan fingerprint density at radius 1 is 1.50 bits per heavy atom. The van der Waals surface area contributed by atoms with E-state index in [2.05, 4.69) is 4.72 Å². The minimum Gasteiger partial charge on any atom is -0.388 e. The second kappa shape index (κ2) is 7.09. The van der Waals surface area contributed by atoms with Crippen LogP contribution in [0.4, 0.5) is 0 Å². The van der Waals surface area contributed by atoms with Crippen LogP contribution in [0, 0.1) is 11.3 Å². The van der Waals surface area contributed by atoms with Crippen LogP contribution in [0.5, 0.6) is 0 Å². The fourth-order valence-electron chi connectivity index (χ4n) is 1.63. The summed E-state index contributed by atoms with van der Waals surface area (Å²) in [6, 6.07) is 8.43. The molecule has 7 heteroatoms. The zero-order valence-corrected chi connectivity index (χ0v) is 13.1. The van der Waals surface area contributed by atoms with Gasteiger partial charge in [0, 0.05) is 12.3 Å². The molecule has 1 aromatic rings. The van der Waals surface area contributed by atoms with Crippen molar-refractivity contribution < 1.29 is 13.5 Å². The Hall–Kier alpha value is -1.07. The van der Waals surface area contributed by atoms with Gasteiger partial charge in [0.1, 0.15) is 0 Å². The molecule has 0 aliphatic rings. The van der Waals surface area contributed by atoms with Crippen LogP contribution >= 0.6 is 11.8 Å². The molecule has 0 fully saturated rings. The third kappa shape index (κ3) is 5.92. The van der Waals surface area contributed by atoms with Gasteiger partial charge in [0.15, 0.2) is 0 Å². The van der Waals surface area contributed by atoms with E-state index in [1.54, 1.807) is 31.2 Å². The van der Waals surface area contributed by atoms with Crippen LogP contribution in [0.15, 0.2) is 24.3 Å². The van der Waals surface area contributed by atoms with Crippen LogP contribution in [0.1, 0.15) is 18.1 Å². The predicted molar refractivity (Wildman–Crippen MR) is 80.8 cm³/mol. The number of nitrogens with zero attached hydrogens (tertiary/aromatic N) is 1. The highest BCUT2D eigenvalue weighted by molar-refractivity contribution is 7.98. The molecular weight excluding hydrogens is 296 g/mol. The topological polar surface area (TPSA) is 90.2 Å². The monoisotopic (exact) mass is 314 g/mol. The Kier molecular flexibility index (Phi) is 6.02. The van der Waals surface area contributed by atoms with Crippen molar-refractivity contribution in [2.24, 2.45) is 0 Å². The molecule has 0 amide bonds. The summed E-state index contributed by atoms with van der Waals surface area (Å²) >= 11 is 1.45. The van der Waals surface area contributed by atoms with Crippen molar-refractivity contribution in [2.75, 3.05) is 18.6 Å². The molecule has 1 unspecified atom stereocenters. The molecule has 5 nitrogen and oxygen atoms in total. The number of benzene rings is 1. The SMILES string of the molecule is CSCC(C)(O)CNS(=O)(=O)Cc1cccc(C#N)c1. The lowest BCUT2D eigenvalue weighted by Gasteiger charge is -2.22. The van der Waals surface area contributed by atoms with Gasteiger partial charge >= 0.3 is 0 Å². The van der Waals surface area contributed by atoms with E-state index >= 15 is 0 Å². The van der Waals surface area contributed by atoms with Gasteiger partial charge in [0.25, 0.3) is 0 Å². The zero-order chi connectivity index (χ0) is 15.2. The van der Waals surface area contributed by atoms with Crippen molar-refractivity contribution >= 4 is 21.8 Å². The van der Waals surface area contributed by atoms with E-state index in [1.807, 2.05) is 12.3 Å². The van der Waals surface area contributed by atoms with Crippen molar-refractivity contribution in [3.05, 3.63) is 35.4 Å². The lowest BCUT2D eigenvalue weighted by atomic mass is 10.1. The molecule has 0 heterocycles. The summed E-state index contributed by atoms with van der Waals surface area (Å²) < 4.78 is 26.3. The van der Waals surface area contributed by atoms with Gasteiger partial charge in [0.2, 0.25) is 10.0 Å². The molecule has 0 radical (unpaired) electrons. The number of nitriles is 1. The molecule has 1 rings (SSSR count). The van der Waals surface area contributed by atoms with Crippen LogP contribution < -0.4 is 4.72 Å². The molecule has 110 valence electrons. The minimum absolute atomic E-state index is 0.0336. The molecule has 0 spiro atoms. The van der Waals surface area contributed by atoms with Crippen molar-refractivity contribution in [2.45, 2.75) is 18.3 Å². The molecule has 2 N–H and O–H groups in total. The Bertz CT molecular complexity index is 592. The first kappa shape index (κ1) is 17.0. The average molecular weight is 314 g/mol. The van der Waals surface area contributed by atoms with Gasteiger partial charge in [-0.25, -0.2) is 13.1 Å².